The predicted octanol–water partition coefficient (Wildman–Crippen LogP) is 3.66. The van der Waals surface area contributed by atoms with Crippen molar-refractivity contribution < 1.29 is 9.59 Å². The molecule has 0 unspecified atom stereocenters. The second kappa shape index (κ2) is 7.50. The largest absolute Gasteiger partial charge is 0.378 e. The fourth-order valence-electron chi connectivity index (χ4n) is 4.03. The van der Waals surface area contributed by atoms with Gasteiger partial charge in [0, 0.05) is 49.4 Å². The fraction of sp³-hybridized carbons (Fsp3) is 0.304. The van der Waals surface area contributed by atoms with E-state index in [1.54, 1.807) is 0 Å². The van der Waals surface area contributed by atoms with Gasteiger partial charge in [-0.1, -0.05) is 24.3 Å². The van der Waals surface area contributed by atoms with E-state index in [1.165, 1.54) is 5.56 Å². The van der Waals surface area contributed by atoms with E-state index in [0.29, 0.717) is 18.5 Å². The highest BCUT2D eigenvalue weighted by Crippen LogP contribution is 2.31. The number of anilines is 1. The molecule has 0 fully saturated rings. The van der Waals surface area contributed by atoms with E-state index in [-0.39, 0.29) is 11.8 Å². The van der Waals surface area contributed by atoms with E-state index in [9.17, 15) is 9.59 Å². The van der Waals surface area contributed by atoms with Gasteiger partial charge >= 0.3 is 0 Å². The smallest absolute Gasteiger partial charge is 0.251 e. The third-order valence-electron chi connectivity index (χ3n) is 5.43. The molecule has 144 valence electrons. The lowest BCUT2D eigenvalue weighted by Gasteiger charge is -2.16. The molecule has 0 saturated heterocycles. The molecule has 4 rings (SSSR count). The van der Waals surface area contributed by atoms with Crippen LogP contribution in [0.1, 0.15) is 39.3 Å². The van der Waals surface area contributed by atoms with Gasteiger partial charge in [-0.2, -0.15) is 0 Å². The van der Waals surface area contributed by atoms with E-state index in [0.717, 1.165) is 41.5 Å². The third-order valence-corrected chi connectivity index (χ3v) is 5.43. The summed E-state index contributed by atoms with van der Waals surface area (Å²) in [6.45, 7) is 0.542. The lowest BCUT2D eigenvalue weighted by Crippen LogP contribution is -2.26. The van der Waals surface area contributed by atoms with Crippen molar-refractivity contribution in [2.75, 3.05) is 25.5 Å². The minimum Gasteiger partial charge on any atom is -0.378 e. The van der Waals surface area contributed by atoms with E-state index >= 15 is 0 Å². The van der Waals surface area contributed by atoms with Gasteiger partial charge in [0.25, 0.3) is 5.91 Å². The van der Waals surface area contributed by atoms with Gasteiger partial charge in [0.1, 0.15) is 0 Å². The first-order valence-electron chi connectivity index (χ1n) is 9.76. The molecule has 1 aliphatic heterocycles. The topological polar surface area (TPSA) is 54.3 Å². The summed E-state index contributed by atoms with van der Waals surface area (Å²) in [5.74, 6) is 0.102. The van der Waals surface area contributed by atoms with Gasteiger partial charge < -0.3 is 10.2 Å². The van der Waals surface area contributed by atoms with Crippen LogP contribution in [0.2, 0.25) is 0 Å². The molecule has 1 N–H and O–H groups in total. The third kappa shape index (κ3) is 3.28. The molecule has 5 heteroatoms. The molecule has 0 aliphatic carbocycles. The zero-order chi connectivity index (χ0) is 19.7. The number of benzene rings is 2. The molecule has 5 nitrogen and oxygen atoms in total. The first kappa shape index (κ1) is 18.3. The van der Waals surface area contributed by atoms with Crippen LogP contribution in [0.5, 0.6) is 0 Å². The fourth-order valence-corrected chi connectivity index (χ4v) is 4.03. The van der Waals surface area contributed by atoms with Crippen LogP contribution < -0.4 is 10.2 Å². The lowest BCUT2D eigenvalue weighted by molar-refractivity contribution is 0.0887. The van der Waals surface area contributed by atoms with Crippen LogP contribution in [0, 0.1) is 0 Å². The predicted molar refractivity (Wildman–Crippen MR) is 112 cm³/mol. The van der Waals surface area contributed by atoms with Gasteiger partial charge in [-0.3, -0.25) is 14.2 Å². The molecule has 0 bridgehead atoms. The molecule has 3 aromatic rings. The van der Waals surface area contributed by atoms with E-state index in [4.69, 9.17) is 0 Å². The first-order valence-corrected chi connectivity index (χ1v) is 9.76. The van der Waals surface area contributed by atoms with Crippen molar-refractivity contribution in [1.82, 2.24) is 9.88 Å². The monoisotopic (exact) mass is 375 g/mol. The summed E-state index contributed by atoms with van der Waals surface area (Å²) in [5.41, 5.74) is 4.94. The van der Waals surface area contributed by atoms with Crippen LogP contribution in [0.25, 0.3) is 10.9 Å². The van der Waals surface area contributed by atoms with Crippen molar-refractivity contribution in [2.24, 2.45) is 0 Å². The Morgan fingerprint density at radius 1 is 1.11 bits per heavy atom. The van der Waals surface area contributed by atoms with E-state index < -0.39 is 0 Å². The van der Waals surface area contributed by atoms with Gasteiger partial charge in [0.15, 0.2) is 0 Å². The quantitative estimate of drug-likeness (QED) is 0.740. The zero-order valence-corrected chi connectivity index (χ0v) is 16.4. The van der Waals surface area contributed by atoms with Crippen LogP contribution in [-0.2, 0) is 12.8 Å². The van der Waals surface area contributed by atoms with Gasteiger partial charge in [0.05, 0.1) is 5.52 Å². The summed E-state index contributed by atoms with van der Waals surface area (Å²) in [5, 5.41) is 4.16. The van der Waals surface area contributed by atoms with Gasteiger partial charge in [-0.25, -0.2) is 0 Å². The zero-order valence-electron chi connectivity index (χ0n) is 16.4. The van der Waals surface area contributed by atoms with Crippen LogP contribution in [0.3, 0.4) is 0 Å². The summed E-state index contributed by atoms with van der Waals surface area (Å²) >= 11 is 0. The Labute approximate surface area is 165 Å². The molecular weight excluding hydrogens is 350 g/mol. The highest BCUT2D eigenvalue weighted by atomic mass is 16.2. The summed E-state index contributed by atoms with van der Waals surface area (Å²) in [7, 11) is 3.92. The molecule has 1 aliphatic rings. The van der Waals surface area contributed by atoms with Crippen molar-refractivity contribution in [1.29, 1.82) is 0 Å². The van der Waals surface area contributed by atoms with Crippen molar-refractivity contribution in [3.05, 3.63) is 65.4 Å². The minimum atomic E-state index is -0.0721. The van der Waals surface area contributed by atoms with Crippen LogP contribution in [0.4, 0.5) is 5.69 Å². The number of aromatic nitrogens is 1. The first-order chi connectivity index (χ1) is 13.6. The van der Waals surface area contributed by atoms with Gasteiger partial charge in [0.2, 0.25) is 5.91 Å². The Bertz CT molecular complexity index is 1050. The van der Waals surface area contributed by atoms with Gasteiger partial charge in [-0.05, 0) is 49.1 Å². The number of amides is 1. The number of carbonyl (C=O) groups is 2. The normalized spacial score (nSPS) is 13.4. The standard InChI is InChI=1S/C23H25N3O2/c1-25(2)17-8-5-7-16(15-17)23(28)24-14-13-19-18-9-3-4-10-20(18)26-21(19)11-6-12-22(26)27/h3-5,7-10,15H,6,11-14H2,1-2H3,(H,24,28). The molecule has 1 aromatic heterocycles. The maximum atomic E-state index is 12.6. The molecular formula is C23H25N3O2. The van der Waals surface area contributed by atoms with Gasteiger partial charge in [-0.15, -0.1) is 0 Å². The summed E-state index contributed by atoms with van der Waals surface area (Å²) in [4.78, 5) is 27.0. The maximum absolute atomic E-state index is 12.6. The minimum absolute atomic E-state index is 0.0721. The molecule has 2 aromatic carbocycles. The highest BCUT2D eigenvalue weighted by molar-refractivity contribution is 5.97. The number of nitrogens with zero attached hydrogens (tertiary/aromatic N) is 2. The summed E-state index contributed by atoms with van der Waals surface area (Å²) in [6.07, 6.45) is 3.12. The SMILES string of the molecule is CN(C)c1cccc(C(=O)NCCc2c3n(c4ccccc24)C(=O)CCC3)c1. The average molecular weight is 375 g/mol. The van der Waals surface area contributed by atoms with E-state index in [1.807, 2.05) is 66.0 Å². The number of nitrogens with one attached hydrogen (secondary N) is 1. The summed E-state index contributed by atoms with van der Waals surface area (Å²) in [6, 6.07) is 15.7. The Morgan fingerprint density at radius 3 is 2.75 bits per heavy atom. The number of hydrogen-bond acceptors (Lipinski definition) is 3. The molecule has 0 radical (unpaired) electrons. The van der Waals surface area contributed by atoms with Crippen LogP contribution in [0.15, 0.2) is 48.5 Å². The van der Waals surface area contributed by atoms with Crippen molar-refractivity contribution in [2.45, 2.75) is 25.7 Å². The Morgan fingerprint density at radius 2 is 1.93 bits per heavy atom. The maximum Gasteiger partial charge on any atom is 0.251 e. The molecule has 28 heavy (non-hydrogen) atoms. The number of fused-ring (bicyclic) bond motifs is 3. The Balaban J connectivity index is 1.53. The summed E-state index contributed by atoms with van der Waals surface area (Å²) < 4.78 is 1.89. The van der Waals surface area contributed by atoms with Crippen molar-refractivity contribution in [3.63, 3.8) is 0 Å². The van der Waals surface area contributed by atoms with Crippen molar-refractivity contribution >= 4 is 28.4 Å². The number of rotatable bonds is 5. The second-order valence-corrected chi connectivity index (χ2v) is 7.48. The lowest BCUT2D eigenvalue weighted by atomic mass is 10.0. The molecule has 2 heterocycles. The molecule has 0 spiro atoms. The Hall–Kier alpha value is -3.08. The van der Waals surface area contributed by atoms with Crippen molar-refractivity contribution in [3.8, 4) is 0 Å². The second-order valence-electron chi connectivity index (χ2n) is 7.48. The number of hydrogen-bond donors (Lipinski definition) is 1. The Kier molecular flexibility index (Phi) is 4.90. The highest BCUT2D eigenvalue weighted by Gasteiger charge is 2.24. The molecule has 1 amide bonds. The molecule has 0 atom stereocenters. The number of para-hydroxylation sites is 1. The van der Waals surface area contributed by atoms with Crippen LogP contribution in [-0.4, -0.2) is 37.0 Å². The number of carbonyl (C=O) groups excluding carboxylic acids is 2. The average Bonchev–Trinajstić information content (AvgIpc) is 3.03. The van der Waals surface area contributed by atoms with E-state index in [2.05, 4.69) is 11.4 Å². The van der Waals surface area contributed by atoms with Crippen LogP contribution >= 0.6 is 0 Å². The molecule has 0 saturated carbocycles.